The molecule has 3 nitrogen and oxygen atoms in total. The molecule has 0 radical (unpaired) electrons. The number of carbonyl (C=O) groups is 1. The second kappa shape index (κ2) is 5.75. The van der Waals surface area contributed by atoms with Gasteiger partial charge in [-0.25, -0.2) is 4.98 Å². The van der Waals surface area contributed by atoms with Crippen molar-refractivity contribution in [2.45, 2.75) is 26.2 Å². The highest BCUT2D eigenvalue weighted by Gasteiger charge is 2.19. The molecule has 4 heteroatoms. The molecule has 0 spiro atoms. The number of aromatic nitrogens is 1. The number of rotatable bonds is 3. The molecule has 0 N–H and O–H groups in total. The maximum atomic E-state index is 12.1. The fourth-order valence-corrected chi connectivity index (χ4v) is 3.35. The molecular weight excluding hydrogens is 268 g/mol. The first-order valence-corrected chi connectivity index (χ1v) is 7.89. The first-order chi connectivity index (χ1) is 9.72. The molecule has 0 saturated carbocycles. The second-order valence-electron chi connectivity index (χ2n) is 5.28. The zero-order valence-corrected chi connectivity index (χ0v) is 12.4. The molecule has 1 aromatic heterocycles. The van der Waals surface area contributed by atoms with Gasteiger partial charge < -0.3 is 4.90 Å². The van der Waals surface area contributed by atoms with E-state index >= 15 is 0 Å². The van der Waals surface area contributed by atoms with Gasteiger partial charge in [0, 0.05) is 24.0 Å². The topological polar surface area (TPSA) is 33.2 Å². The molecule has 1 fully saturated rings. The first kappa shape index (κ1) is 13.3. The number of aryl methyl sites for hydroxylation is 1. The van der Waals surface area contributed by atoms with E-state index in [-0.39, 0.29) is 5.91 Å². The lowest BCUT2D eigenvalue weighted by Gasteiger charge is -2.13. The van der Waals surface area contributed by atoms with Gasteiger partial charge in [0.25, 0.3) is 0 Å². The summed E-state index contributed by atoms with van der Waals surface area (Å²) in [6.45, 7) is 3.90. The van der Waals surface area contributed by atoms with E-state index in [2.05, 4.69) is 30.1 Å². The van der Waals surface area contributed by atoms with Crippen LogP contribution in [0.5, 0.6) is 0 Å². The van der Waals surface area contributed by atoms with Crippen molar-refractivity contribution in [3.63, 3.8) is 0 Å². The van der Waals surface area contributed by atoms with Crippen LogP contribution in [0, 0.1) is 6.92 Å². The molecule has 3 rings (SSSR count). The Hall–Kier alpha value is -1.68. The van der Waals surface area contributed by atoms with Crippen molar-refractivity contribution in [3.05, 3.63) is 40.9 Å². The van der Waals surface area contributed by atoms with Gasteiger partial charge in [0.15, 0.2) is 0 Å². The van der Waals surface area contributed by atoms with Crippen LogP contribution < -0.4 is 0 Å². The first-order valence-electron chi connectivity index (χ1n) is 7.01. The molecule has 0 aliphatic carbocycles. The summed E-state index contributed by atoms with van der Waals surface area (Å²) in [6.07, 6.45) is 2.71. The molecule has 2 aromatic rings. The molecule has 0 bridgehead atoms. The Labute approximate surface area is 123 Å². The highest BCUT2D eigenvalue weighted by atomic mass is 32.1. The van der Waals surface area contributed by atoms with E-state index in [0.717, 1.165) is 42.2 Å². The molecule has 1 aliphatic rings. The number of likely N-dealkylation sites (tertiary alicyclic amines) is 1. The minimum absolute atomic E-state index is 0.212. The molecule has 0 atom stereocenters. The number of amides is 1. The lowest BCUT2D eigenvalue weighted by atomic mass is 10.1. The van der Waals surface area contributed by atoms with Crippen LogP contribution >= 0.6 is 11.3 Å². The van der Waals surface area contributed by atoms with Gasteiger partial charge in [-0.1, -0.05) is 23.8 Å². The van der Waals surface area contributed by atoms with Crippen LogP contribution in [0.15, 0.2) is 29.6 Å². The van der Waals surface area contributed by atoms with Gasteiger partial charge in [-0.05, 0) is 25.8 Å². The van der Waals surface area contributed by atoms with E-state index < -0.39 is 0 Å². The Kier molecular flexibility index (Phi) is 3.83. The summed E-state index contributed by atoms with van der Waals surface area (Å²) in [6, 6.07) is 8.32. The molecule has 1 aliphatic heterocycles. The average molecular weight is 286 g/mol. The van der Waals surface area contributed by atoms with Gasteiger partial charge in [-0.3, -0.25) is 4.79 Å². The predicted octanol–water partition coefficient (Wildman–Crippen LogP) is 3.28. The predicted molar refractivity (Wildman–Crippen MR) is 81.8 cm³/mol. The van der Waals surface area contributed by atoms with Crippen LogP contribution in [0.3, 0.4) is 0 Å². The Balaban J connectivity index is 1.72. The van der Waals surface area contributed by atoms with Gasteiger partial charge in [-0.2, -0.15) is 0 Å². The molecule has 2 heterocycles. The standard InChI is InChI=1S/C16H18N2OS/c1-12-5-4-6-13(9-12)16-17-14(11-20-16)10-15(19)18-7-2-3-8-18/h4-6,9,11H,2-3,7-8,10H2,1H3. The Bertz CT molecular complexity index is 614. The highest BCUT2D eigenvalue weighted by Crippen LogP contribution is 2.25. The van der Waals surface area contributed by atoms with Crippen molar-refractivity contribution in [2.24, 2.45) is 0 Å². The second-order valence-corrected chi connectivity index (χ2v) is 6.14. The molecule has 0 unspecified atom stereocenters. The van der Waals surface area contributed by atoms with Gasteiger partial charge >= 0.3 is 0 Å². The third-order valence-electron chi connectivity index (χ3n) is 3.61. The van der Waals surface area contributed by atoms with Crippen molar-refractivity contribution in [1.29, 1.82) is 0 Å². The SMILES string of the molecule is Cc1cccc(-c2nc(CC(=O)N3CCCC3)cs2)c1. The van der Waals surface area contributed by atoms with E-state index in [0.29, 0.717) is 6.42 Å². The van der Waals surface area contributed by atoms with Gasteiger partial charge in [0.1, 0.15) is 5.01 Å². The molecule has 20 heavy (non-hydrogen) atoms. The Morgan fingerprint density at radius 1 is 1.35 bits per heavy atom. The van der Waals surface area contributed by atoms with E-state index in [1.807, 2.05) is 16.3 Å². The van der Waals surface area contributed by atoms with Gasteiger partial charge in [0.05, 0.1) is 12.1 Å². The zero-order chi connectivity index (χ0) is 13.9. The number of carbonyl (C=O) groups excluding carboxylic acids is 1. The summed E-state index contributed by atoms with van der Waals surface area (Å²) in [5, 5.41) is 3.00. The van der Waals surface area contributed by atoms with Gasteiger partial charge in [0.2, 0.25) is 5.91 Å². The van der Waals surface area contributed by atoms with Crippen LogP contribution in [-0.4, -0.2) is 28.9 Å². The van der Waals surface area contributed by atoms with Crippen molar-refractivity contribution < 1.29 is 4.79 Å². The van der Waals surface area contributed by atoms with Crippen LogP contribution in [-0.2, 0) is 11.2 Å². The molecule has 1 saturated heterocycles. The Morgan fingerprint density at radius 2 is 2.15 bits per heavy atom. The number of hydrogen-bond acceptors (Lipinski definition) is 3. The summed E-state index contributed by atoms with van der Waals surface area (Å²) in [5.41, 5.74) is 3.26. The van der Waals surface area contributed by atoms with E-state index in [4.69, 9.17) is 0 Å². The molecule has 104 valence electrons. The highest BCUT2D eigenvalue weighted by molar-refractivity contribution is 7.13. The average Bonchev–Trinajstić information content (AvgIpc) is 3.10. The quantitative estimate of drug-likeness (QED) is 0.867. The van der Waals surface area contributed by atoms with Crippen LogP contribution in [0.4, 0.5) is 0 Å². The fourth-order valence-electron chi connectivity index (χ4n) is 2.53. The van der Waals surface area contributed by atoms with Crippen molar-refractivity contribution in [3.8, 4) is 10.6 Å². The zero-order valence-electron chi connectivity index (χ0n) is 11.6. The Morgan fingerprint density at radius 3 is 2.90 bits per heavy atom. The summed E-state index contributed by atoms with van der Waals surface area (Å²) in [4.78, 5) is 18.7. The minimum atomic E-state index is 0.212. The van der Waals surface area contributed by atoms with E-state index in [1.165, 1.54) is 5.56 Å². The summed E-state index contributed by atoms with van der Waals surface area (Å²) < 4.78 is 0. The monoisotopic (exact) mass is 286 g/mol. The number of benzene rings is 1. The maximum absolute atomic E-state index is 12.1. The molecule has 1 amide bonds. The summed E-state index contributed by atoms with van der Waals surface area (Å²) in [7, 11) is 0. The minimum Gasteiger partial charge on any atom is -0.342 e. The fraction of sp³-hybridized carbons (Fsp3) is 0.375. The van der Waals surface area contributed by atoms with Crippen molar-refractivity contribution in [1.82, 2.24) is 9.88 Å². The van der Waals surface area contributed by atoms with Crippen LogP contribution in [0.1, 0.15) is 24.1 Å². The third kappa shape index (κ3) is 2.90. The van der Waals surface area contributed by atoms with Gasteiger partial charge in [-0.15, -0.1) is 11.3 Å². The maximum Gasteiger partial charge on any atom is 0.228 e. The van der Waals surface area contributed by atoms with Crippen molar-refractivity contribution in [2.75, 3.05) is 13.1 Å². The number of hydrogen-bond donors (Lipinski definition) is 0. The lowest BCUT2D eigenvalue weighted by Crippen LogP contribution is -2.29. The normalized spacial score (nSPS) is 14.8. The van der Waals surface area contributed by atoms with E-state index in [1.54, 1.807) is 11.3 Å². The smallest absolute Gasteiger partial charge is 0.228 e. The number of thiazole rings is 1. The third-order valence-corrected chi connectivity index (χ3v) is 4.55. The van der Waals surface area contributed by atoms with Crippen molar-refractivity contribution >= 4 is 17.2 Å². The largest absolute Gasteiger partial charge is 0.342 e. The summed E-state index contributed by atoms with van der Waals surface area (Å²) in [5.74, 6) is 0.212. The van der Waals surface area contributed by atoms with Crippen LogP contribution in [0.2, 0.25) is 0 Å². The number of nitrogens with zero attached hydrogens (tertiary/aromatic N) is 2. The molecule has 1 aromatic carbocycles. The lowest BCUT2D eigenvalue weighted by molar-refractivity contribution is -0.129. The van der Waals surface area contributed by atoms with Crippen LogP contribution in [0.25, 0.3) is 10.6 Å². The summed E-state index contributed by atoms with van der Waals surface area (Å²) >= 11 is 1.61. The van der Waals surface area contributed by atoms with E-state index in [9.17, 15) is 4.79 Å². The molecular formula is C16H18N2OS.